The van der Waals surface area contributed by atoms with Crippen LogP contribution in [-0.2, 0) is 6.42 Å². The van der Waals surface area contributed by atoms with Gasteiger partial charge in [0.05, 0.1) is 6.33 Å². The highest BCUT2D eigenvalue weighted by atomic mass is 16.1. The molecule has 4 heteroatoms. The highest BCUT2D eigenvalue weighted by Gasteiger charge is 2.00. The first-order chi connectivity index (χ1) is 6.86. The maximum atomic E-state index is 11.3. The number of aromatic nitrogens is 3. The molecule has 0 aliphatic rings. The molecule has 0 unspecified atom stereocenters. The zero-order valence-electron chi connectivity index (χ0n) is 7.47. The summed E-state index contributed by atoms with van der Waals surface area (Å²) in [4.78, 5) is 21.8. The van der Waals surface area contributed by atoms with E-state index in [1.165, 1.54) is 6.33 Å². The van der Waals surface area contributed by atoms with Gasteiger partial charge in [-0.25, -0.2) is 4.98 Å². The summed E-state index contributed by atoms with van der Waals surface area (Å²) in [5.74, 6) is 0. The first-order valence-electron chi connectivity index (χ1n) is 4.28. The van der Waals surface area contributed by atoms with Crippen molar-refractivity contribution in [3.8, 4) is 0 Å². The standard InChI is InChI=1S/C10H9N3O/c14-10-8(6-11-7-13-10)5-9-3-1-2-4-12-9/h1-4,6-7H,5H2,(H,11,13,14). The summed E-state index contributed by atoms with van der Waals surface area (Å²) in [7, 11) is 0. The second kappa shape index (κ2) is 3.83. The van der Waals surface area contributed by atoms with Gasteiger partial charge in [0.2, 0.25) is 0 Å². The highest BCUT2D eigenvalue weighted by molar-refractivity contribution is 5.15. The molecular formula is C10H9N3O. The van der Waals surface area contributed by atoms with Gasteiger partial charge in [-0.1, -0.05) is 6.07 Å². The zero-order chi connectivity index (χ0) is 9.80. The van der Waals surface area contributed by atoms with Crippen LogP contribution in [0.15, 0.2) is 41.7 Å². The van der Waals surface area contributed by atoms with E-state index in [1.807, 2.05) is 18.2 Å². The van der Waals surface area contributed by atoms with E-state index in [0.717, 1.165) is 5.69 Å². The Hall–Kier alpha value is -1.97. The van der Waals surface area contributed by atoms with Crippen molar-refractivity contribution in [2.24, 2.45) is 0 Å². The van der Waals surface area contributed by atoms with Crippen molar-refractivity contribution in [1.82, 2.24) is 15.0 Å². The van der Waals surface area contributed by atoms with Gasteiger partial charge in [0, 0.05) is 30.1 Å². The molecule has 14 heavy (non-hydrogen) atoms. The van der Waals surface area contributed by atoms with Crippen LogP contribution in [0.4, 0.5) is 0 Å². The fourth-order valence-electron chi connectivity index (χ4n) is 1.20. The van der Waals surface area contributed by atoms with E-state index in [9.17, 15) is 4.79 Å². The lowest BCUT2D eigenvalue weighted by Crippen LogP contribution is -2.12. The van der Waals surface area contributed by atoms with Gasteiger partial charge < -0.3 is 4.98 Å². The summed E-state index contributed by atoms with van der Waals surface area (Å²) >= 11 is 0. The first-order valence-corrected chi connectivity index (χ1v) is 4.28. The Balaban J connectivity index is 2.28. The van der Waals surface area contributed by atoms with Crippen molar-refractivity contribution < 1.29 is 0 Å². The lowest BCUT2D eigenvalue weighted by molar-refractivity contribution is 0.992. The van der Waals surface area contributed by atoms with Crippen LogP contribution in [0, 0.1) is 0 Å². The number of pyridine rings is 1. The Kier molecular flexibility index (Phi) is 2.36. The Morgan fingerprint density at radius 2 is 2.29 bits per heavy atom. The highest BCUT2D eigenvalue weighted by Crippen LogP contribution is 1.99. The molecule has 0 saturated carbocycles. The lowest BCUT2D eigenvalue weighted by atomic mass is 10.2. The number of aromatic amines is 1. The van der Waals surface area contributed by atoms with E-state index in [-0.39, 0.29) is 5.56 Å². The van der Waals surface area contributed by atoms with Gasteiger partial charge in [0.15, 0.2) is 0 Å². The SMILES string of the molecule is O=c1[nH]cncc1Cc1ccccn1. The molecule has 2 heterocycles. The molecule has 0 aromatic carbocycles. The summed E-state index contributed by atoms with van der Waals surface area (Å²) in [5, 5.41) is 0. The zero-order valence-corrected chi connectivity index (χ0v) is 7.47. The summed E-state index contributed by atoms with van der Waals surface area (Å²) in [6, 6.07) is 5.62. The lowest BCUT2D eigenvalue weighted by Gasteiger charge is -1.97. The molecule has 0 saturated heterocycles. The minimum absolute atomic E-state index is 0.106. The molecule has 0 radical (unpaired) electrons. The van der Waals surface area contributed by atoms with E-state index in [1.54, 1.807) is 12.4 Å². The van der Waals surface area contributed by atoms with Gasteiger partial charge >= 0.3 is 0 Å². The molecule has 2 rings (SSSR count). The monoisotopic (exact) mass is 187 g/mol. The van der Waals surface area contributed by atoms with Gasteiger partial charge in [-0.05, 0) is 12.1 Å². The van der Waals surface area contributed by atoms with Crippen molar-refractivity contribution in [2.75, 3.05) is 0 Å². The molecule has 0 bridgehead atoms. The van der Waals surface area contributed by atoms with Crippen LogP contribution in [0.2, 0.25) is 0 Å². The van der Waals surface area contributed by atoms with Crippen LogP contribution in [0.25, 0.3) is 0 Å². The summed E-state index contributed by atoms with van der Waals surface area (Å²) in [5.41, 5.74) is 1.39. The predicted molar refractivity (Wildman–Crippen MR) is 51.9 cm³/mol. The predicted octanol–water partition coefficient (Wildman–Crippen LogP) is 0.756. The van der Waals surface area contributed by atoms with Crippen molar-refractivity contribution in [3.63, 3.8) is 0 Å². The summed E-state index contributed by atoms with van der Waals surface area (Å²) < 4.78 is 0. The maximum absolute atomic E-state index is 11.3. The topological polar surface area (TPSA) is 58.6 Å². The molecule has 0 aliphatic carbocycles. The van der Waals surface area contributed by atoms with Crippen LogP contribution in [0.5, 0.6) is 0 Å². The number of nitrogens with one attached hydrogen (secondary N) is 1. The van der Waals surface area contributed by atoms with Crippen LogP contribution in [0.1, 0.15) is 11.3 Å². The molecule has 70 valence electrons. The Morgan fingerprint density at radius 3 is 3.00 bits per heavy atom. The van der Waals surface area contributed by atoms with Crippen LogP contribution in [0.3, 0.4) is 0 Å². The van der Waals surface area contributed by atoms with Crippen LogP contribution in [-0.4, -0.2) is 15.0 Å². The number of rotatable bonds is 2. The van der Waals surface area contributed by atoms with E-state index in [0.29, 0.717) is 12.0 Å². The molecule has 1 N–H and O–H groups in total. The fraction of sp³-hybridized carbons (Fsp3) is 0.100. The molecule has 2 aromatic heterocycles. The molecule has 2 aromatic rings. The van der Waals surface area contributed by atoms with Gasteiger partial charge in [-0.3, -0.25) is 9.78 Å². The van der Waals surface area contributed by atoms with Crippen molar-refractivity contribution in [2.45, 2.75) is 6.42 Å². The molecule has 0 fully saturated rings. The smallest absolute Gasteiger partial charge is 0.254 e. The molecule has 0 atom stereocenters. The third-order valence-corrected chi connectivity index (χ3v) is 1.89. The number of hydrogen-bond acceptors (Lipinski definition) is 3. The van der Waals surface area contributed by atoms with Gasteiger partial charge in [0.25, 0.3) is 5.56 Å². The third-order valence-electron chi connectivity index (χ3n) is 1.89. The largest absolute Gasteiger partial charge is 0.313 e. The molecular weight excluding hydrogens is 178 g/mol. The van der Waals surface area contributed by atoms with E-state index in [2.05, 4.69) is 15.0 Å². The van der Waals surface area contributed by atoms with E-state index < -0.39 is 0 Å². The van der Waals surface area contributed by atoms with Gasteiger partial charge in [-0.2, -0.15) is 0 Å². The Morgan fingerprint density at radius 1 is 1.36 bits per heavy atom. The Labute approximate surface area is 80.7 Å². The average Bonchev–Trinajstić information content (AvgIpc) is 2.23. The molecule has 4 nitrogen and oxygen atoms in total. The number of hydrogen-bond donors (Lipinski definition) is 1. The minimum atomic E-state index is -0.106. The summed E-state index contributed by atoms with van der Waals surface area (Å²) in [6.45, 7) is 0. The average molecular weight is 187 g/mol. The van der Waals surface area contributed by atoms with E-state index in [4.69, 9.17) is 0 Å². The Bertz CT molecular complexity index is 464. The van der Waals surface area contributed by atoms with Gasteiger partial charge in [0.1, 0.15) is 0 Å². The van der Waals surface area contributed by atoms with Crippen molar-refractivity contribution in [3.05, 3.63) is 58.5 Å². The molecule has 0 aliphatic heterocycles. The summed E-state index contributed by atoms with van der Waals surface area (Å²) in [6.07, 6.45) is 5.17. The number of nitrogens with zero attached hydrogens (tertiary/aromatic N) is 2. The second-order valence-corrected chi connectivity index (χ2v) is 2.90. The van der Waals surface area contributed by atoms with E-state index >= 15 is 0 Å². The van der Waals surface area contributed by atoms with Gasteiger partial charge in [-0.15, -0.1) is 0 Å². The quantitative estimate of drug-likeness (QED) is 0.754. The maximum Gasteiger partial charge on any atom is 0.254 e. The molecule has 0 spiro atoms. The fourth-order valence-corrected chi connectivity index (χ4v) is 1.20. The third kappa shape index (κ3) is 1.85. The minimum Gasteiger partial charge on any atom is -0.313 e. The number of H-pyrrole nitrogens is 1. The normalized spacial score (nSPS) is 10.0. The second-order valence-electron chi connectivity index (χ2n) is 2.90. The van der Waals surface area contributed by atoms with Crippen LogP contribution < -0.4 is 5.56 Å². The molecule has 0 amide bonds. The van der Waals surface area contributed by atoms with Crippen molar-refractivity contribution >= 4 is 0 Å². The first kappa shape index (κ1) is 8.62. The van der Waals surface area contributed by atoms with Crippen LogP contribution >= 0.6 is 0 Å². The van der Waals surface area contributed by atoms with Crippen molar-refractivity contribution in [1.29, 1.82) is 0 Å².